The largest absolute Gasteiger partial charge is 0.381 e. The van der Waals surface area contributed by atoms with Crippen LogP contribution in [0.5, 0.6) is 0 Å². The van der Waals surface area contributed by atoms with Gasteiger partial charge in [-0.2, -0.15) is 0 Å². The van der Waals surface area contributed by atoms with Crippen LogP contribution in [0.15, 0.2) is 0 Å². The molecule has 0 spiro atoms. The minimum Gasteiger partial charge on any atom is -0.381 e. The third-order valence-electron chi connectivity index (χ3n) is 3.69. The number of ether oxygens (including phenoxy) is 2. The van der Waals surface area contributed by atoms with Gasteiger partial charge in [0.05, 0.1) is 6.10 Å². The summed E-state index contributed by atoms with van der Waals surface area (Å²) in [5.41, 5.74) is 0. The fourth-order valence-electron chi connectivity index (χ4n) is 2.59. The van der Waals surface area contributed by atoms with Gasteiger partial charge in [0.15, 0.2) is 0 Å². The Morgan fingerprint density at radius 3 is 2.71 bits per heavy atom. The molecule has 2 heterocycles. The Labute approximate surface area is 105 Å². The van der Waals surface area contributed by atoms with Gasteiger partial charge in [0.2, 0.25) is 0 Å². The van der Waals surface area contributed by atoms with Crippen molar-refractivity contribution in [1.29, 1.82) is 0 Å². The summed E-state index contributed by atoms with van der Waals surface area (Å²) in [5, 5.41) is 3.61. The zero-order valence-corrected chi connectivity index (χ0v) is 11.0. The number of rotatable bonds is 6. The molecule has 4 heteroatoms. The summed E-state index contributed by atoms with van der Waals surface area (Å²) in [4.78, 5) is 2.38. The average molecular weight is 242 g/mol. The van der Waals surface area contributed by atoms with E-state index in [4.69, 9.17) is 9.47 Å². The third-order valence-corrected chi connectivity index (χ3v) is 3.69. The Morgan fingerprint density at radius 1 is 1.18 bits per heavy atom. The van der Waals surface area contributed by atoms with Crippen molar-refractivity contribution in [2.24, 2.45) is 0 Å². The van der Waals surface area contributed by atoms with Gasteiger partial charge in [0, 0.05) is 45.5 Å². The summed E-state index contributed by atoms with van der Waals surface area (Å²) < 4.78 is 11.0. The summed E-state index contributed by atoms with van der Waals surface area (Å²) in [7, 11) is 2.19. The summed E-state index contributed by atoms with van der Waals surface area (Å²) in [5.74, 6) is 0. The maximum atomic E-state index is 5.64. The van der Waals surface area contributed by atoms with Crippen LogP contribution in [0.3, 0.4) is 0 Å². The highest BCUT2D eigenvalue weighted by molar-refractivity contribution is 4.72. The van der Waals surface area contributed by atoms with Crippen molar-refractivity contribution < 1.29 is 9.47 Å². The van der Waals surface area contributed by atoms with Gasteiger partial charge in [0.1, 0.15) is 0 Å². The highest BCUT2D eigenvalue weighted by atomic mass is 16.5. The van der Waals surface area contributed by atoms with Crippen LogP contribution in [-0.2, 0) is 9.47 Å². The van der Waals surface area contributed by atoms with Crippen molar-refractivity contribution in [3.05, 3.63) is 0 Å². The molecule has 0 aromatic rings. The minimum absolute atomic E-state index is 0.475. The molecule has 2 aliphatic rings. The summed E-state index contributed by atoms with van der Waals surface area (Å²) >= 11 is 0. The van der Waals surface area contributed by atoms with Gasteiger partial charge >= 0.3 is 0 Å². The van der Waals surface area contributed by atoms with E-state index in [2.05, 4.69) is 17.3 Å². The van der Waals surface area contributed by atoms with Crippen LogP contribution in [0.2, 0.25) is 0 Å². The molecule has 0 saturated carbocycles. The molecule has 2 rings (SSSR count). The van der Waals surface area contributed by atoms with Gasteiger partial charge in [-0.15, -0.1) is 0 Å². The van der Waals surface area contributed by atoms with Crippen molar-refractivity contribution >= 4 is 0 Å². The van der Waals surface area contributed by atoms with E-state index in [1.165, 1.54) is 12.8 Å². The number of hydrogen-bond acceptors (Lipinski definition) is 4. The minimum atomic E-state index is 0.475. The molecule has 0 bridgehead atoms. The van der Waals surface area contributed by atoms with Gasteiger partial charge in [-0.3, -0.25) is 0 Å². The van der Waals surface area contributed by atoms with Crippen molar-refractivity contribution in [3.63, 3.8) is 0 Å². The molecule has 1 N–H and O–H groups in total. The molecule has 1 atom stereocenters. The lowest BCUT2D eigenvalue weighted by atomic mass is 10.1. The molecule has 0 aromatic heterocycles. The first kappa shape index (κ1) is 13.3. The van der Waals surface area contributed by atoms with Crippen LogP contribution >= 0.6 is 0 Å². The van der Waals surface area contributed by atoms with Crippen LogP contribution in [0.1, 0.15) is 25.7 Å². The van der Waals surface area contributed by atoms with E-state index in [0.29, 0.717) is 12.1 Å². The maximum absolute atomic E-state index is 5.64. The number of hydrogen-bond donors (Lipinski definition) is 1. The van der Waals surface area contributed by atoms with Gasteiger partial charge in [-0.05, 0) is 32.7 Å². The van der Waals surface area contributed by atoms with Crippen molar-refractivity contribution in [1.82, 2.24) is 10.2 Å². The Balaban J connectivity index is 1.51. The molecular weight excluding hydrogens is 216 g/mol. The monoisotopic (exact) mass is 242 g/mol. The topological polar surface area (TPSA) is 33.7 Å². The molecule has 0 amide bonds. The molecule has 0 radical (unpaired) electrons. The molecule has 100 valence electrons. The molecule has 2 aliphatic heterocycles. The van der Waals surface area contributed by atoms with Gasteiger partial charge in [-0.1, -0.05) is 0 Å². The van der Waals surface area contributed by atoms with E-state index < -0.39 is 0 Å². The Hall–Kier alpha value is -0.160. The van der Waals surface area contributed by atoms with E-state index in [1.807, 2.05) is 0 Å². The predicted octanol–water partition coefficient (Wildman–Crippen LogP) is 0.866. The summed E-state index contributed by atoms with van der Waals surface area (Å²) in [6.07, 6.45) is 5.27. The highest BCUT2D eigenvalue weighted by Crippen LogP contribution is 2.12. The van der Waals surface area contributed by atoms with Crippen LogP contribution in [0.4, 0.5) is 0 Å². The first-order chi connectivity index (χ1) is 8.34. The van der Waals surface area contributed by atoms with E-state index in [-0.39, 0.29) is 0 Å². The number of likely N-dealkylation sites (N-methyl/N-ethyl adjacent to an activating group) is 1. The van der Waals surface area contributed by atoms with Crippen LogP contribution < -0.4 is 5.32 Å². The summed E-state index contributed by atoms with van der Waals surface area (Å²) in [6, 6.07) is 0.667. The maximum Gasteiger partial charge on any atom is 0.0702 e. The van der Waals surface area contributed by atoms with E-state index in [9.17, 15) is 0 Å². The van der Waals surface area contributed by atoms with Gasteiger partial charge in [0.25, 0.3) is 0 Å². The standard InChI is InChI=1S/C13H26N2O2/c1-15(11-13-3-2-8-17-13)7-6-14-12-4-9-16-10-5-12/h12-14H,2-11H2,1H3. The second kappa shape index (κ2) is 7.31. The predicted molar refractivity (Wildman–Crippen MR) is 68.3 cm³/mol. The van der Waals surface area contributed by atoms with E-state index in [0.717, 1.165) is 52.3 Å². The summed E-state index contributed by atoms with van der Waals surface area (Å²) in [6.45, 7) is 6.06. The van der Waals surface area contributed by atoms with Crippen LogP contribution in [0, 0.1) is 0 Å². The van der Waals surface area contributed by atoms with Crippen molar-refractivity contribution in [2.75, 3.05) is 46.5 Å². The smallest absolute Gasteiger partial charge is 0.0702 e. The second-order valence-corrected chi connectivity index (χ2v) is 5.24. The van der Waals surface area contributed by atoms with Crippen LogP contribution in [0.25, 0.3) is 0 Å². The average Bonchev–Trinajstić information content (AvgIpc) is 2.83. The quantitative estimate of drug-likeness (QED) is 0.749. The third kappa shape index (κ3) is 4.92. The molecule has 0 aliphatic carbocycles. The van der Waals surface area contributed by atoms with E-state index in [1.54, 1.807) is 0 Å². The molecule has 1 unspecified atom stereocenters. The Kier molecular flexibility index (Phi) is 5.71. The molecular formula is C13H26N2O2. The first-order valence-electron chi connectivity index (χ1n) is 6.96. The Bertz CT molecular complexity index is 202. The molecule has 0 aromatic carbocycles. The van der Waals surface area contributed by atoms with Crippen molar-refractivity contribution in [3.8, 4) is 0 Å². The fourth-order valence-corrected chi connectivity index (χ4v) is 2.59. The lowest BCUT2D eigenvalue weighted by Gasteiger charge is -2.25. The van der Waals surface area contributed by atoms with E-state index >= 15 is 0 Å². The van der Waals surface area contributed by atoms with Crippen LogP contribution in [-0.4, -0.2) is 63.5 Å². The number of nitrogens with zero attached hydrogens (tertiary/aromatic N) is 1. The molecule has 4 nitrogen and oxygen atoms in total. The molecule has 2 fully saturated rings. The fraction of sp³-hybridized carbons (Fsp3) is 1.00. The van der Waals surface area contributed by atoms with Crippen molar-refractivity contribution in [2.45, 2.75) is 37.8 Å². The Morgan fingerprint density at radius 2 is 2.00 bits per heavy atom. The zero-order valence-electron chi connectivity index (χ0n) is 11.0. The lowest BCUT2D eigenvalue weighted by molar-refractivity contribution is 0.0727. The highest BCUT2D eigenvalue weighted by Gasteiger charge is 2.17. The molecule has 17 heavy (non-hydrogen) atoms. The second-order valence-electron chi connectivity index (χ2n) is 5.24. The zero-order chi connectivity index (χ0) is 11.9. The molecule has 2 saturated heterocycles. The first-order valence-corrected chi connectivity index (χ1v) is 6.96. The number of nitrogens with one attached hydrogen (secondary N) is 1. The van der Waals surface area contributed by atoms with Gasteiger partial charge in [-0.25, -0.2) is 0 Å². The van der Waals surface area contributed by atoms with Gasteiger partial charge < -0.3 is 19.7 Å². The SMILES string of the molecule is CN(CCNC1CCOCC1)CC1CCCO1. The lowest BCUT2D eigenvalue weighted by Crippen LogP contribution is -2.40. The normalized spacial score (nSPS) is 26.8.